The highest BCUT2D eigenvalue weighted by Crippen LogP contribution is 2.34. The van der Waals surface area contributed by atoms with Gasteiger partial charge in [0.2, 0.25) is 0 Å². The van der Waals surface area contributed by atoms with Crippen LogP contribution in [0.4, 0.5) is 0 Å². The summed E-state index contributed by atoms with van der Waals surface area (Å²) in [4.78, 5) is 8.50. The monoisotopic (exact) mass is 472 g/mol. The molecule has 142 valence electrons. The van der Waals surface area contributed by atoms with Crippen molar-refractivity contribution in [3.63, 3.8) is 0 Å². The second-order valence-electron chi connectivity index (χ2n) is 5.12. The average Bonchev–Trinajstić information content (AvgIpc) is 2.68. The Bertz CT molecular complexity index is 711. The van der Waals surface area contributed by atoms with E-state index in [1.165, 1.54) is 0 Å². The van der Waals surface area contributed by atoms with Crippen molar-refractivity contribution in [1.29, 1.82) is 0 Å². The minimum atomic E-state index is 0. The molecular formula is C18H25IN4O3. The van der Waals surface area contributed by atoms with Crippen LogP contribution in [0, 0.1) is 0 Å². The largest absolute Gasteiger partial charge is 0.496 e. The molecule has 0 saturated carbocycles. The standard InChI is InChI=1S/C18H24N4O3.HI/c1-19-18(22-12-14-7-5-6-8-20-14)21-11-13-9-16(24-3)17(25-4)10-15(13)23-2;/h5-10H,11-12H2,1-4H3,(H2,19,21,22);1H. The van der Waals surface area contributed by atoms with Gasteiger partial charge >= 0.3 is 0 Å². The van der Waals surface area contributed by atoms with Crippen LogP contribution in [0.15, 0.2) is 41.5 Å². The fraction of sp³-hybridized carbons (Fsp3) is 0.333. The second kappa shape index (κ2) is 11.4. The highest BCUT2D eigenvalue weighted by atomic mass is 127. The van der Waals surface area contributed by atoms with E-state index in [0.717, 1.165) is 11.3 Å². The third-order valence-corrected chi connectivity index (χ3v) is 3.62. The van der Waals surface area contributed by atoms with Crippen molar-refractivity contribution < 1.29 is 14.2 Å². The summed E-state index contributed by atoms with van der Waals surface area (Å²) >= 11 is 0. The molecule has 1 heterocycles. The molecule has 2 aromatic rings. The first-order valence-corrected chi connectivity index (χ1v) is 7.85. The Morgan fingerprint density at radius 3 is 2.19 bits per heavy atom. The topological polar surface area (TPSA) is 77.0 Å². The first kappa shape index (κ1) is 21.8. The first-order chi connectivity index (χ1) is 12.2. The normalized spacial score (nSPS) is 10.5. The SMILES string of the molecule is CN=C(NCc1ccccn1)NCc1cc(OC)c(OC)cc1OC.I. The summed E-state index contributed by atoms with van der Waals surface area (Å²) < 4.78 is 16.1. The molecule has 0 unspecified atom stereocenters. The van der Waals surface area contributed by atoms with E-state index < -0.39 is 0 Å². The molecule has 0 amide bonds. The third kappa shape index (κ3) is 5.94. The molecule has 0 atom stereocenters. The first-order valence-electron chi connectivity index (χ1n) is 7.85. The Balaban J connectivity index is 0.00000338. The van der Waals surface area contributed by atoms with Crippen molar-refractivity contribution in [2.24, 2.45) is 4.99 Å². The number of hydrogen-bond donors (Lipinski definition) is 2. The van der Waals surface area contributed by atoms with Gasteiger partial charge in [-0.2, -0.15) is 0 Å². The second-order valence-corrected chi connectivity index (χ2v) is 5.12. The maximum absolute atomic E-state index is 5.44. The van der Waals surface area contributed by atoms with E-state index in [4.69, 9.17) is 14.2 Å². The van der Waals surface area contributed by atoms with Crippen LogP contribution in [0.1, 0.15) is 11.3 Å². The van der Waals surface area contributed by atoms with Crippen molar-refractivity contribution >= 4 is 29.9 Å². The van der Waals surface area contributed by atoms with E-state index in [1.54, 1.807) is 40.6 Å². The van der Waals surface area contributed by atoms with Gasteiger partial charge in [-0.1, -0.05) is 6.07 Å². The molecule has 8 heteroatoms. The van der Waals surface area contributed by atoms with Crippen LogP contribution in [0.25, 0.3) is 0 Å². The highest BCUT2D eigenvalue weighted by Gasteiger charge is 2.12. The van der Waals surface area contributed by atoms with Crippen molar-refractivity contribution in [3.05, 3.63) is 47.8 Å². The molecule has 0 bridgehead atoms. The fourth-order valence-corrected chi connectivity index (χ4v) is 2.31. The van der Waals surface area contributed by atoms with Gasteiger partial charge in [0.05, 0.1) is 33.6 Å². The minimum absolute atomic E-state index is 0. The van der Waals surface area contributed by atoms with E-state index in [9.17, 15) is 0 Å². The van der Waals surface area contributed by atoms with Gasteiger partial charge in [-0.3, -0.25) is 9.98 Å². The van der Waals surface area contributed by atoms with Crippen LogP contribution < -0.4 is 24.8 Å². The van der Waals surface area contributed by atoms with Gasteiger partial charge in [-0.05, 0) is 18.2 Å². The number of pyridine rings is 1. The molecule has 1 aromatic heterocycles. The summed E-state index contributed by atoms with van der Waals surface area (Å²) in [6.07, 6.45) is 1.77. The summed E-state index contributed by atoms with van der Waals surface area (Å²) in [5.74, 6) is 2.66. The molecule has 0 radical (unpaired) electrons. The van der Waals surface area contributed by atoms with Crippen LogP contribution in [0.5, 0.6) is 17.2 Å². The van der Waals surface area contributed by atoms with Gasteiger partial charge in [-0.15, -0.1) is 24.0 Å². The van der Waals surface area contributed by atoms with Crippen molar-refractivity contribution in [2.75, 3.05) is 28.4 Å². The lowest BCUT2D eigenvalue weighted by Gasteiger charge is -2.16. The number of halogens is 1. The lowest BCUT2D eigenvalue weighted by Crippen LogP contribution is -2.36. The molecule has 26 heavy (non-hydrogen) atoms. The summed E-state index contributed by atoms with van der Waals surface area (Å²) in [6.45, 7) is 1.11. The molecular weight excluding hydrogens is 447 g/mol. The van der Waals surface area contributed by atoms with Crippen LogP contribution >= 0.6 is 24.0 Å². The van der Waals surface area contributed by atoms with Gasteiger partial charge in [0.1, 0.15) is 5.75 Å². The maximum Gasteiger partial charge on any atom is 0.191 e. The quantitative estimate of drug-likeness (QED) is 0.367. The zero-order valence-corrected chi connectivity index (χ0v) is 17.7. The highest BCUT2D eigenvalue weighted by molar-refractivity contribution is 14.0. The smallest absolute Gasteiger partial charge is 0.191 e. The lowest BCUT2D eigenvalue weighted by atomic mass is 10.1. The minimum Gasteiger partial charge on any atom is -0.496 e. The predicted molar refractivity (Wildman–Crippen MR) is 113 cm³/mol. The Labute approximate surface area is 171 Å². The van der Waals surface area contributed by atoms with Gasteiger partial charge in [0.15, 0.2) is 17.5 Å². The van der Waals surface area contributed by atoms with Gasteiger partial charge < -0.3 is 24.8 Å². The molecule has 7 nitrogen and oxygen atoms in total. The zero-order chi connectivity index (χ0) is 18.1. The van der Waals surface area contributed by atoms with Crippen molar-refractivity contribution in [2.45, 2.75) is 13.1 Å². The number of nitrogens with zero attached hydrogens (tertiary/aromatic N) is 2. The van der Waals surface area contributed by atoms with E-state index in [2.05, 4.69) is 20.6 Å². The van der Waals surface area contributed by atoms with Gasteiger partial charge in [0, 0.05) is 31.4 Å². The van der Waals surface area contributed by atoms with E-state index in [1.807, 2.05) is 24.3 Å². The molecule has 0 aliphatic heterocycles. The van der Waals surface area contributed by atoms with Crippen LogP contribution in [-0.4, -0.2) is 39.3 Å². The molecule has 2 N–H and O–H groups in total. The zero-order valence-electron chi connectivity index (χ0n) is 15.4. The molecule has 0 aliphatic carbocycles. The Kier molecular flexibility index (Phi) is 9.56. The van der Waals surface area contributed by atoms with E-state index in [-0.39, 0.29) is 24.0 Å². The molecule has 0 spiro atoms. The number of methoxy groups -OCH3 is 3. The van der Waals surface area contributed by atoms with Crippen LogP contribution in [0.3, 0.4) is 0 Å². The maximum atomic E-state index is 5.44. The Hall–Kier alpha value is -2.23. The molecule has 0 saturated heterocycles. The number of guanidine groups is 1. The number of aliphatic imine (C=N–C) groups is 1. The lowest BCUT2D eigenvalue weighted by molar-refractivity contribution is 0.347. The Morgan fingerprint density at radius 2 is 1.62 bits per heavy atom. The average molecular weight is 472 g/mol. The van der Waals surface area contributed by atoms with Crippen molar-refractivity contribution in [1.82, 2.24) is 15.6 Å². The number of nitrogens with one attached hydrogen (secondary N) is 2. The van der Waals surface area contributed by atoms with Gasteiger partial charge in [-0.25, -0.2) is 0 Å². The summed E-state index contributed by atoms with van der Waals surface area (Å²) in [5, 5.41) is 6.48. The third-order valence-electron chi connectivity index (χ3n) is 3.62. The summed E-state index contributed by atoms with van der Waals surface area (Å²) in [7, 11) is 6.55. The van der Waals surface area contributed by atoms with Crippen molar-refractivity contribution in [3.8, 4) is 17.2 Å². The number of ether oxygens (including phenoxy) is 3. The number of hydrogen-bond acceptors (Lipinski definition) is 5. The van der Waals surface area contributed by atoms with Crippen LogP contribution in [-0.2, 0) is 13.1 Å². The predicted octanol–water partition coefficient (Wildman–Crippen LogP) is 2.59. The molecule has 0 fully saturated rings. The Morgan fingerprint density at radius 1 is 0.962 bits per heavy atom. The summed E-state index contributed by atoms with van der Waals surface area (Å²) in [6, 6.07) is 9.49. The van der Waals surface area contributed by atoms with Crippen LogP contribution in [0.2, 0.25) is 0 Å². The molecule has 0 aliphatic rings. The summed E-state index contributed by atoms with van der Waals surface area (Å²) in [5.41, 5.74) is 1.87. The number of rotatable bonds is 7. The molecule has 2 rings (SSSR count). The van der Waals surface area contributed by atoms with E-state index >= 15 is 0 Å². The fourth-order valence-electron chi connectivity index (χ4n) is 2.31. The number of aromatic nitrogens is 1. The molecule has 1 aromatic carbocycles. The van der Waals surface area contributed by atoms with Gasteiger partial charge in [0.25, 0.3) is 0 Å². The van der Waals surface area contributed by atoms with E-state index in [0.29, 0.717) is 36.3 Å². The number of benzene rings is 1.